The van der Waals surface area contributed by atoms with E-state index in [2.05, 4.69) is 145 Å². The molecule has 0 bridgehead atoms. The molecule has 0 amide bonds. The van der Waals surface area contributed by atoms with E-state index in [4.69, 9.17) is 52.1 Å². The van der Waals surface area contributed by atoms with Gasteiger partial charge in [0.2, 0.25) is 0 Å². The Morgan fingerprint density at radius 1 is 0.279 bits per heavy atom. The Hall–Kier alpha value is -0.440. The Kier molecular flexibility index (Phi) is 20.3. The summed E-state index contributed by atoms with van der Waals surface area (Å²) in [5.74, 6) is 3.23. The summed E-state index contributed by atoms with van der Waals surface area (Å²) in [4.78, 5) is 0. The maximum atomic E-state index is 7.34. The number of rotatable bonds is 16. The second kappa shape index (κ2) is 24.3. The Morgan fingerprint density at radius 2 is 0.618 bits per heavy atom. The van der Waals surface area contributed by atoms with Gasteiger partial charge in [-0.05, 0) is 86.4 Å². The predicted molar refractivity (Wildman–Crippen MR) is 267 cm³/mol. The van der Waals surface area contributed by atoms with Crippen molar-refractivity contribution < 1.29 is 52.1 Å². The van der Waals surface area contributed by atoms with Crippen molar-refractivity contribution in [3.05, 3.63) is 0 Å². The van der Waals surface area contributed by atoms with Crippen molar-refractivity contribution in [2.45, 2.75) is 282 Å². The monoisotopic (exact) mass is 965 g/mol. The zero-order valence-electron chi connectivity index (χ0n) is 46.9. The molecule has 0 spiro atoms. The molecule has 13 unspecified atom stereocenters. The molecule has 0 N–H and O–H groups in total. The van der Waals surface area contributed by atoms with Crippen LogP contribution in [0.3, 0.4) is 0 Å². The molecule has 0 aliphatic carbocycles. The van der Waals surface area contributed by atoms with E-state index in [0.717, 1.165) is 32.1 Å². The van der Waals surface area contributed by atoms with Crippen LogP contribution in [0, 0.1) is 82.9 Å². The van der Waals surface area contributed by atoms with Gasteiger partial charge in [-0.15, -0.1) is 0 Å². The summed E-state index contributed by atoms with van der Waals surface area (Å²) in [5, 5.41) is 0. The topological polar surface area (TPSA) is 102 Å². The van der Waals surface area contributed by atoms with E-state index in [0.29, 0.717) is 35.5 Å². The molecule has 0 aromatic heterocycles. The summed E-state index contributed by atoms with van der Waals surface area (Å²) < 4.78 is 77.2. The minimum absolute atomic E-state index is 0.0296. The van der Waals surface area contributed by atoms with Crippen molar-refractivity contribution in [2.24, 2.45) is 82.9 Å². The summed E-state index contributed by atoms with van der Waals surface area (Å²) in [6.07, 6.45) is 1.49. The first kappa shape index (κ1) is 56.8. The van der Waals surface area contributed by atoms with Gasteiger partial charge in [0.1, 0.15) is 6.10 Å². The lowest BCUT2D eigenvalue weighted by Crippen LogP contribution is -2.60. The zero-order chi connectivity index (χ0) is 50.2. The standard InChI is InChI=1S/C57H104O11/c1-22-42-30(10)31(11)52(68-53-35(15)28(8)29(9)41(21)58-53)57(62-42)65-49-38(18)44(24-3)60-55(40(49)20)64-48-37(17)43(23-2)61-56(39(48)19)67-51-34(14)36(16)54(63-46(51)26-5)66-50-33(13)32(12)47(27(6)7)59-45(50)25-4/h27-57H,22-26H2,1-21H3/t28-,29-,30+,31-,32?,33+,34+,35?,36?,37-,38-,39?,40?,41?,42?,43?,44?,45?,46?,47?,48-,49-,50-,51+,52?,53-,54-,55-,56+,57-/m0/s1. The summed E-state index contributed by atoms with van der Waals surface area (Å²) in [6.45, 7) is 47.4. The third-order valence-corrected chi connectivity index (χ3v) is 19.6. The molecule has 0 radical (unpaired) electrons. The minimum Gasteiger partial charge on any atom is -0.372 e. The SMILES string of the molecule is CCC1OC(C(C)C)C(C)[C@@H](C)[C@@H]1O[C@@H]1OC(CC)[C@H](O[C@H]2OC(CC)[C@H](C)[C@H](O[C@@H]3OC(CC)[C@H](C)[C@H](O[C@@H]4OC(CC)[C@H](C)[C@H](C)C4O[C@@H]4OC(C)[C@@H](C)[C@H](C)C4C)C3C)C2C)[C@H](C)C1C. The van der Waals surface area contributed by atoms with Crippen molar-refractivity contribution in [1.82, 2.24) is 0 Å². The van der Waals surface area contributed by atoms with Crippen LogP contribution in [0.1, 0.15) is 178 Å². The molecule has 30 atom stereocenters. The third-order valence-electron chi connectivity index (χ3n) is 19.6. The normalized spacial score (nSPS) is 52.9. The van der Waals surface area contributed by atoms with Gasteiger partial charge in [-0.3, -0.25) is 0 Å². The lowest BCUT2D eigenvalue weighted by molar-refractivity contribution is -0.373. The zero-order valence-corrected chi connectivity index (χ0v) is 46.9. The van der Waals surface area contributed by atoms with Crippen LogP contribution in [-0.4, -0.2) is 105 Å². The highest BCUT2D eigenvalue weighted by atomic mass is 16.8. The fourth-order valence-corrected chi connectivity index (χ4v) is 13.4. The molecule has 6 rings (SSSR count). The van der Waals surface area contributed by atoms with Gasteiger partial charge in [-0.1, -0.05) is 138 Å². The minimum atomic E-state index is -0.548. The van der Waals surface area contributed by atoms with Crippen molar-refractivity contribution in [2.75, 3.05) is 0 Å². The summed E-state index contributed by atoms with van der Waals surface area (Å²) >= 11 is 0. The van der Waals surface area contributed by atoms with Crippen molar-refractivity contribution in [3.8, 4) is 0 Å². The number of ether oxygens (including phenoxy) is 11. The van der Waals surface area contributed by atoms with E-state index in [-0.39, 0.29) is 133 Å². The van der Waals surface area contributed by atoms with Crippen molar-refractivity contribution >= 4 is 0 Å². The first-order chi connectivity index (χ1) is 32.1. The van der Waals surface area contributed by atoms with Crippen molar-refractivity contribution in [1.29, 1.82) is 0 Å². The molecule has 6 saturated heterocycles. The Bertz CT molecular complexity index is 1510. The van der Waals surface area contributed by atoms with E-state index in [1.807, 2.05) is 0 Å². The Balaban J connectivity index is 1.18. The van der Waals surface area contributed by atoms with Crippen LogP contribution < -0.4 is 0 Å². The third kappa shape index (κ3) is 11.6. The van der Waals surface area contributed by atoms with E-state index in [1.54, 1.807) is 0 Å². The van der Waals surface area contributed by atoms with Crippen LogP contribution in [0.4, 0.5) is 0 Å². The highest BCUT2D eigenvalue weighted by Crippen LogP contribution is 2.47. The molecule has 0 aromatic rings. The van der Waals surface area contributed by atoms with Gasteiger partial charge >= 0.3 is 0 Å². The maximum absolute atomic E-state index is 7.34. The molecule has 11 nitrogen and oxygen atoms in total. The van der Waals surface area contributed by atoms with Crippen LogP contribution in [0.2, 0.25) is 0 Å². The van der Waals surface area contributed by atoms with Gasteiger partial charge in [0.25, 0.3) is 0 Å². The quantitative estimate of drug-likeness (QED) is 0.148. The van der Waals surface area contributed by atoms with Crippen molar-refractivity contribution in [3.63, 3.8) is 0 Å². The van der Waals surface area contributed by atoms with Gasteiger partial charge in [-0.25, -0.2) is 0 Å². The lowest BCUT2D eigenvalue weighted by atomic mass is 9.77. The average molecular weight is 965 g/mol. The fourth-order valence-electron chi connectivity index (χ4n) is 13.4. The van der Waals surface area contributed by atoms with E-state index in [9.17, 15) is 0 Å². The highest BCUT2D eigenvalue weighted by molar-refractivity contribution is 4.96. The second-order valence-corrected chi connectivity index (χ2v) is 24.0. The summed E-state index contributed by atoms with van der Waals surface area (Å²) in [5.41, 5.74) is 0. The number of hydrogen-bond acceptors (Lipinski definition) is 11. The van der Waals surface area contributed by atoms with Crippen LogP contribution in [-0.2, 0) is 52.1 Å². The fraction of sp³-hybridized carbons (Fsp3) is 1.00. The molecule has 6 aliphatic heterocycles. The van der Waals surface area contributed by atoms with E-state index >= 15 is 0 Å². The Morgan fingerprint density at radius 3 is 1.10 bits per heavy atom. The first-order valence-electron chi connectivity index (χ1n) is 28.3. The summed E-state index contributed by atoms with van der Waals surface area (Å²) in [7, 11) is 0. The van der Waals surface area contributed by atoms with Gasteiger partial charge in [0, 0.05) is 35.5 Å². The number of hydrogen-bond donors (Lipinski definition) is 0. The molecule has 0 aromatic carbocycles. The largest absolute Gasteiger partial charge is 0.372 e. The average Bonchev–Trinajstić information content (AvgIpc) is 3.31. The molecule has 11 heteroatoms. The van der Waals surface area contributed by atoms with Gasteiger partial charge in [0.05, 0.1) is 67.1 Å². The summed E-state index contributed by atoms with van der Waals surface area (Å²) in [6, 6.07) is 0. The van der Waals surface area contributed by atoms with Crippen LogP contribution >= 0.6 is 0 Å². The molecule has 6 heterocycles. The van der Waals surface area contributed by atoms with E-state index < -0.39 is 18.9 Å². The predicted octanol–water partition coefficient (Wildman–Crippen LogP) is 12.3. The van der Waals surface area contributed by atoms with Crippen LogP contribution in [0.15, 0.2) is 0 Å². The van der Waals surface area contributed by atoms with Crippen LogP contribution in [0.5, 0.6) is 0 Å². The molecule has 0 saturated carbocycles. The maximum Gasteiger partial charge on any atom is 0.184 e. The molecule has 6 fully saturated rings. The van der Waals surface area contributed by atoms with Crippen LogP contribution in [0.25, 0.3) is 0 Å². The van der Waals surface area contributed by atoms with Gasteiger partial charge in [0.15, 0.2) is 31.5 Å². The molecular formula is C57H104O11. The van der Waals surface area contributed by atoms with Gasteiger partial charge in [-0.2, -0.15) is 0 Å². The Labute approximate surface area is 415 Å². The molecule has 6 aliphatic rings. The molecule has 68 heavy (non-hydrogen) atoms. The second-order valence-electron chi connectivity index (χ2n) is 24.0. The molecule has 398 valence electrons. The highest BCUT2D eigenvalue weighted by Gasteiger charge is 2.54. The lowest BCUT2D eigenvalue weighted by Gasteiger charge is -2.53. The van der Waals surface area contributed by atoms with E-state index in [1.165, 1.54) is 0 Å². The smallest absolute Gasteiger partial charge is 0.184 e. The first-order valence-corrected chi connectivity index (χ1v) is 28.3. The molecular weight excluding hydrogens is 861 g/mol. The van der Waals surface area contributed by atoms with Gasteiger partial charge < -0.3 is 52.1 Å².